The van der Waals surface area contributed by atoms with Gasteiger partial charge in [-0.3, -0.25) is 4.79 Å². The molecule has 0 spiro atoms. The Morgan fingerprint density at radius 1 is 1.06 bits per heavy atom. The molecule has 1 saturated carbocycles. The first kappa shape index (κ1) is 21.2. The number of hydrogen-bond donors (Lipinski definition) is 4. The molecule has 0 saturated heterocycles. The van der Waals surface area contributed by atoms with E-state index < -0.39 is 6.04 Å². The Morgan fingerprint density at radius 2 is 1.85 bits per heavy atom. The predicted octanol–water partition coefficient (Wildman–Crippen LogP) is 2.58. The van der Waals surface area contributed by atoms with Gasteiger partial charge in [0.1, 0.15) is 22.5 Å². The second kappa shape index (κ2) is 8.01. The van der Waals surface area contributed by atoms with E-state index in [1.54, 1.807) is 18.2 Å². The highest BCUT2D eigenvalue weighted by Gasteiger charge is 2.37. The average Bonchev–Trinajstić information content (AvgIpc) is 3.61. The van der Waals surface area contributed by atoms with Gasteiger partial charge in [-0.1, -0.05) is 29.3 Å². The van der Waals surface area contributed by atoms with Crippen LogP contribution in [0.4, 0.5) is 23.4 Å². The second-order valence-electron chi connectivity index (χ2n) is 7.63. The quantitative estimate of drug-likeness (QED) is 0.329. The first-order chi connectivity index (χ1) is 15.8. The number of halogens is 2. The van der Waals surface area contributed by atoms with E-state index in [2.05, 4.69) is 25.3 Å². The van der Waals surface area contributed by atoms with Crippen LogP contribution < -0.4 is 28.1 Å². The van der Waals surface area contributed by atoms with Crippen molar-refractivity contribution in [2.24, 2.45) is 5.92 Å². The Kier molecular flexibility index (Phi) is 5.14. The van der Waals surface area contributed by atoms with Crippen LogP contribution in [-0.4, -0.2) is 29.5 Å². The van der Waals surface area contributed by atoms with Gasteiger partial charge in [-0.15, -0.1) is 0 Å². The van der Waals surface area contributed by atoms with Crippen LogP contribution in [0.15, 0.2) is 35.4 Å². The number of nitrogens with one attached hydrogen (secondary N) is 1. The molecule has 13 heteroatoms. The maximum absolute atomic E-state index is 13.7. The number of aromatic nitrogens is 6. The van der Waals surface area contributed by atoms with Crippen LogP contribution in [0.5, 0.6) is 0 Å². The molecule has 1 atom stereocenters. The van der Waals surface area contributed by atoms with Gasteiger partial charge < -0.3 is 22.5 Å². The lowest BCUT2D eigenvalue weighted by atomic mass is 10.1. The van der Waals surface area contributed by atoms with Gasteiger partial charge in [-0.2, -0.15) is 9.97 Å². The number of nitrogens with two attached hydrogens (primary N) is 3. The van der Waals surface area contributed by atoms with Gasteiger partial charge in [0.15, 0.2) is 11.6 Å². The van der Waals surface area contributed by atoms with E-state index in [-0.39, 0.29) is 56.1 Å². The average molecular weight is 485 g/mol. The van der Waals surface area contributed by atoms with Crippen molar-refractivity contribution in [1.82, 2.24) is 29.5 Å². The van der Waals surface area contributed by atoms with E-state index >= 15 is 0 Å². The fourth-order valence-electron chi connectivity index (χ4n) is 3.63. The summed E-state index contributed by atoms with van der Waals surface area (Å²) in [6.45, 7) is 0. The van der Waals surface area contributed by atoms with Crippen molar-refractivity contribution in [3.05, 3.63) is 56.8 Å². The second-order valence-corrected chi connectivity index (χ2v) is 8.42. The third kappa shape index (κ3) is 3.85. The van der Waals surface area contributed by atoms with E-state index in [1.807, 2.05) is 0 Å². The van der Waals surface area contributed by atoms with Crippen molar-refractivity contribution < 1.29 is 0 Å². The van der Waals surface area contributed by atoms with Crippen LogP contribution in [0.2, 0.25) is 10.0 Å². The Hall–Kier alpha value is -3.70. The SMILES string of the molecule is Nc1cnc(-n2c(C(Nc3nc(N)nc(N)c3Cl)C3CC3)nc3cccc(Cl)c3c2=O)cn1. The summed E-state index contributed by atoms with van der Waals surface area (Å²) in [6, 6.07) is 4.62. The molecule has 1 aliphatic rings. The molecule has 7 N–H and O–H groups in total. The molecule has 1 aliphatic carbocycles. The summed E-state index contributed by atoms with van der Waals surface area (Å²) >= 11 is 12.7. The molecule has 11 nitrogen and oxygen atoms in total. The number of benzene rings is 1. The molecule has 0 aliphatic heterocycles. The number of nitrogens with zero attached hydrogens (tertiary/aromatic N) is 6. The van der Waals surface area contributed by atoms with Crippen LogP contribution >= 0.6 is 23.2 Å². The zero-order valence-electron chi connectivity index (χ0n) is 17.0. The van der Waals surface area contributed by atoms with E-state index in [9.17, 15) is 4.79 Å². The number of anilines is 4. The zero-order valence-corrected chi connectivity index (χ0v) is 18.5. The number of nitrogen functional groups attached to an aromatic ring is 3. The lowest BCUT2D eigenvalue weighted by molar-refractivity contribution is 0.605. The normalized spacial score (nSPS) is 14.4. The van der Waals surface area contributed by atoms with Gasteiger partial charge in [-0.25, -0.2) is 19.5 Å². The van der Waals surface area contributed by atoms with E-state index in [0.29, 0.717) is 11.3 Å². The topological polar surface area (TPSA) is 177 Å². The third-order valence-corrected chi connectivity index (χ3v) is 6.01. The lowest BCUT2D eigenvalue weighted by Crippen LogP contribution is -2.30. The van der Waals surface area contributed by atoms with Crippen LogP contribution in [0.25, 0.3) is 16.7 Å². The molecule has 3 heterocycles. The van der Waals surface area contributed by atoms with Gasteiger partial charge in [0, 0.05) is 0 Å². The minimum absolute atomic E-state index is 0.0333. The molecular weight excluding hydrogens is 467 g/mol. The van der Waals surface area contributed by atoms with Gasteiger partial charge in [0.25, 0.3) is 5.56 Å². The maximum Gasteiger partial charge on any atom is 0.268 e. The smallest absolute Gasteiger partial charge is 0.268 e. The molecule has 5 rings (SSSR count). The molecular formula is C20H18Cl2N10O. The Labute approximate surface area is 197 Å². The van der Waals surface area contributed by atoms with Crippen molar-refractivity contribution in [2.75, 3.05) is 22.5 Å². The van der Waals surface area contributed by atoms with Crippen molar-refractivity contribution in [3.63, 3.8) is 0 Å². The van der Waals surface area contributed by atoms with Crippen molar-refractivity contribution >= 4 is 57.5 Å². The summed E-state index contributed by atoms with van der Waals surface area (Å²) in [5.41, 5.74) is 17.4. The summed E-state index contributed by atoms with van der Waals surface area (Å²) < 4.78 is 1.37. The first-order valence-corrected chi connectivity index (χ1v) is 10.7. The minimum atomic E-state index is -0.466. The summed E-state index contributed by atoms with van der Waals surface area (Å²) in [5.74, 6) is 1.26. The van der Waals surface area contributed by atoms with E-state index in [0.717, 1.165) is 12.8 Å². The minimum Gasteiger partial charge on any atom is -0.382 e. The Morgan fingerprint density at radius 3 is 2.55 bits per heavy atom. The highest BCUT2D eigenvalue weighted by atomic mass is 35.5. The summed E-state index contributed by atoms with van der Waals surface area (Å²) in [6.07, 6.45) is 4.58. The molecule has 1 fully saturated rings. The first-order valence-electron chi connectivity index (χ1n) is 9.97. The Bertz CT molecular complexity index is 1440. The standard InChI is InChI=1S/C20H18Cl2N10O/c21-9-2-1-3-10-13(9)19(33)32(12-7-26-11(23)6-27-12)18(28-10)15(8-4-5-8)29-17-14(22)16(24)30-20(25)31-17/h1-3,6-8,15H,4-5H2,(H2,23,26)(H5,24,25,29,30,31). The number of fused-ring (bicyclic) bond motifs is 1. The molecule has 0 radical (unpaired) electrons. The van der Waals surface area contributed by atoms with Crippen LogP contribution in [0.1, 0.15) is 24.7 Å². The molecule has 0 bridgehead atoms. The molecule has 4 aromatic rings. The predicted molar refractivity (Wildman–Crippen MR) is 127 cm³/mol. The largest absolute Gasteiger partial charge is 0.382 e. The summed E-state index contributed by atoms with van der Waals surface area (Å²) in [5, 5.41) is 3.94. The van der Waals surface area contributed by atoms with E-state index in [4.69, 9.17) is 45.4 Å². The highest BCUT2D eigenvalue weighted by Crippen LogP contribution is 2.43. The molecule has 1 aromatic carbocycles. The van der Waals surface area contributed by atoms with Gasteiger partial charge in [-0.05, 0) is 30.9 Å². The van der Waals surface area contributed by atoms with Gasteiger partial charge in [0.2, 0.25) is 5.95 Å². The molecule has 0 amide bonds. The Balaban J connectivity index is 1.75. The monoisotopic (exact) mass is 484 g/mol. The zero-order chi connectivity index (χ0) is 23.3. The van der Waals surface area contributed by atoms with E-state index in [1.165, 1.54) is 17.0 Å². The van der Waals surface area contributed by atoms with Crippen molar-refractivity contribution in [1.29, 1.82) is 0 Å². The van der Waals surface area contributed by atoms with Crippen LogP contribution in [0.3, 0.4) is 0 Å². The molecule has 1 unspecified atom stereocenters. The van der Waals surface area contributed by atoms with Gasteiger partial charge in [0.05, 0.1) is 34.4 Å². The fourth-order valence-corrected chi connectivity index (χ4v) is 4.02. The third-order valence-electron chi connectivity index (χ3n) is 5.32. The van der Waals surface area contributed by atoms with Crippen LogP contribution in [0, 0.1) is 5.92 Å². The summed E-state index contributed by atoms with van der Waals surface area (Å²) in [4.78, 5) is 34.9. The molecule has 168 valence electrons. The highest BCUT2D eigenvalue weighted by molar-refractivity contribution is 6.35. The number of hydrogen-bond acceptors (Lipinski definition) is 10. The number of rotatable bonds is 5. The van der Waals surface area contributed by atoms with Crippen molar-refractivity contribution in [3.8, 4) is 5.82 Å². The van der Waals surface area contributed by atoms with Crippen LogP contribution in [-0.2, 0) is 0 Å². The molecule has 3 aromatic heterocycles. The molecule has 33 heavy (non-hydrogen) atoms. The fraction of sp³-hybridized carbons (Fsp3) is 0.200. The van der Waals surface area contributed by atoms with Gasteiger partial charge >= 0.3 is 0 Å². The maximum atomic E-state index is 13.7. The lowest BCUT2D eigenvalue weighted by Gasteiger charge is -2.23. The van der Waals surface area contributed by atoms with Crippen molar-refractivity contribution in [2.45, 2.75) is 18.9 Å². The summed E-state index contributed by atoms with van der Waals surface area (Å²) in [7, 11) is 0.